The van der Waals surface area contributed by atoms with Crippen LogP contribution >= 0.6 is 0 Å². The minimum atomic E-state index is -2.87. The Labute approximate surface area is 213 Å². The van der Waals surface area contributed by atoms with E-state index in [1.54, 1.807) is 18.2 Å². The minimum absolute atomic E-state index is 0.0686. The van der Waals surface area contributed by atoms with E-state index in [0.29, 0.717) is 22.4 Å². The molecule has 4 rings (SSSR count). The smallest absolute Gasteiger partial charge is 0.387 e. The fourth-order valence-electron chi connectivity index (χ4n) is 5.34. The van der Waals surface area contributed by atoms with Crippen molar-refractivity contribution in [1.29, 1.82) is 0 Å². The summed E-state index contributed by atoms with van der Waals surface area (Å²) in [5.74, 6) is 6.96. The van der Waals surface area contributed by atoms with Crippen LogP contribution in [0.5, 0.6) is 5.75 Å². The highest BCUT2D eigenvalue weighted by atomic mass is 19.3. The van der Waals surface area contributed by atoms with Gasteiger partial charge in [-0.3, -0.25) is 0 Å². The van der Waals surface area contributed by atoms with Crippen molar-refractivity contribution in [3.8, 4) is 17.6 Å². The highest BCUT2D eigenvalue weighted by Gasteiger charge is 2.22. The van der Waals surface area contributed by atoms with Gasteiger partial charge < -0.3 is 4.74 Å². The quantitative estimate of drug-likeness (QED) is 0.213. The molecule has 0 atom stereocenters. The van der Waals surface area contributed by atoms with Crippen LogP contribution in [0.15, 0.2) is 54.6 Å². The average Bonchev–Trinajstić information content (AvgIpc) is 2.89. The molecule has 0 aromatic heterocycles. The third-order valence-corrected chi connectivity index (χ3v) is 7.43. The lowest BCUT2D eigenvalue weighted by molar-refractivity contribution is -0.0498. The fraction of sp³-hybridized carbons (Fsp3) is 0.438. The molecule has 3 aromatic rings. The first kappa shape index (κ1) is 26.1. The molecule has 190 valence electrons. The predicted octanol–water partition coefficient (Wildman–Crippen LogP) is 9.61. The lowest BCUT2D eigenvalue weighted by Crippen LogP contribution is -2.13. The molecule has 0 radical (unpaired) electrons. The van der Waals surface area contributed by atoms with E-state index < -0.39 is 6.61 Å². The van der Waals surface area contributed by atoms with Crippen LogP contribution in [0, 0.1) is 23.6 Å². The molecule has 1 aliphatic rings. The zero-order chi connectivity index (χ0) is 25.3. The van der Waals surface area contributed by atoms with Crippen molar-refractivity contribution in [3.63, 3.8) is 0 Å². The number of fused-ring (bicyclic) bond motifs is 1. The van der Waals surface area contributed by atoms with Gasteiger partial charge in [-0.1, -0.05) is 81.6 Å². The third-order valence-electron chi connectivity index (χ3n) is 7.43. The van der Waals surface area contributed by atoms with Crippen molar-refractivity contribution in [3.05, 3.63) is 77.1 Å². The number of rotatable bonds is 9. The zero-order valence-corrected chi connectivity index (χ0v) is 21.0. The van der Waals surface area contributed by atoms with Crippen LogP contribution in [0.25, 0.3) is 10.8 Å². The van der Waals surface area contributed by atoms with Gasteiger partial charge in [-0.05, 0) is 78.8 Å². The van der Waals surface area contributed by atoms with E-state index >= 15 is 4.39 Å². The number of alkyl halides is 2. The Balaban J connectivity index is 1.38. The molecule has 1 aliphatic carbocycles. The monoisotopic (exact) mass is 492 g/mol. The summed E-state index contributed by atoms with van der Waals surface area (Å²) in [6.45, 7) is -0.606. The summed E-state index contributed by atoms with van der Waals surface area (Å²) in [5, 5.41) is 1.48. The Hall–Kier alpha value is -2.93. The molecule has 1 saturated carbocycles. The van der Waals surface area contributed by atoms with Crippen LogP contribution in [0.3, 0.4) is 0 Å². The van der Waals surface area contributed by atoms with E-state index in [2.05, 4.69) is 35.6 Å². The van der Waals surface area contributed by atoms with E-state index in [-0.39, 0.29) is 11.6 Å². The van der Waals surface area contributed by atoms with Crippen molar-refractivity contribution < 1.29 is 17.9 Å². The number of unbranched alkanes of at least 4 members (excludes halogenated alkanes) is 4. The van der Waals surface area contributed by atoms with Gasteiger partial charge in [-0.15, -0.1) is 0 Å². The molecule has 36 heavy (non-hydrogen) atoms. The van der Waals surface area contributed by atoms with Crippen LogP contribution in [0.2, 0.25) is 0 Å². The molecule has 0 heterocycles. The topological polar surface area (TPSA) is 9.23 Å². The molecule has 0 N–H and O–H groups in total. The highest BCUT2D eigenvalue weighted by Crippen LogP contribution is 2.39. The van der Waals surface area contributed by atoms with Crippen molar-refractivity contribution in [1.82, 2.24) is 0 Å². The summed E-state index contributed by atoms with van der Waals surface area (Å²) in [5.41, 5.74) is 2.24. The number of halogens is 3. The largest absolute Gasteiger partial charge is 0.435 e. The van der Waals surface area contributed by atoms with Crippen LogP contribution in [0.4, 0.5) is 13.2 Å². The van der Waals surface area contributed by atoms with E-state index in [0.717, 1.165) is 11.3 Å². The summed E-state index contributed by atoms with van der Waals surface area (Å²) in [6.07, 6.45) is 13.2. The molecule has 0 amide bonds. The first-order chi connectivity index (χ1) is 17.5. The Bertz CT molecular complexity index is 1180. The molecule has 0 spiro atoms. The normalized spacial score (nSPS) is 17.7. The highest BCUT2D eigenvalue weighted by molar-refractivity contribution is 5.85. The van der Waals surface area contributed by atoms with Gasteiger partial charge in [0.25, 0.3) is 0 Å². The molecule has 0 aliphatic heterocycles. The van der Waals surface area contributed by atoms with Gasteiger partial charge in [-0.25, -0.2) is 4.39 Å². The van der Waals surface area contributed by atoms with Crippen LogP contribution < -0.4 is 4.74 Å². The Morgan fingerprint density at radius 1 is 0.861 bits per heavy atom. The average molecular weight is 493 g/mol. The van der Waals surface area contributed by atoms with E-state index in [1.165, 1.54) is 81.9 Å². The predicted molar refractivity (Wildman–Crippen MR) is 141 cm³/mol. The second kappa shape index (κ2) is 12.9. The summed E-state index contributed by atoms with van der Waals surface area (Å²) in [7, 11) is 0. The molecule has 4 heteroatoms. The van der Waals surface area contributed by atoms with Crippen molar-refractivity contribution in [2.45, 2.75) is 83.7 Å². The molecule has 1 fully saturated rings. The third kappa shape index (κ3) is 7.06. The lowest BCUT2D eigenvalue weighted by atomic mass is 9.76. The lowest BCUT2D eigenvalue weighted by Gasteiger charge is -2.29. The molecular formula is C32H35F3O. The number of benzene rings is 3. The van der Waals surface area contributed by atoms with Crippen molar-refractivity contribution in [2.24, 2.45) is 5.92 Å². The minimum Gasteiger partial charge on any atom is -0.435 e. The number of hydrogen-bond donors (Lipinski definition) is 0. The van der Waals surface area contributed by atoms with Gasteiger partial charge in [0.1, 0.15) is 11.6 Å². The SMILES string of the molecule is CCCCCCCC1CCC(c2ccc3c(F)c(C#Cc4ccc(OC(F)F)cc4)ccc3c2)CC1. The van der Waals surface area contributed by atoms with E-state index in [4.69, 9.17) is 0 Å². The maximum absolute atomic E-state index is 15.2. The Kier molecular flexibility index (Phi) is 9.34. The molecular weight excluding hydrogens is 457 g/mol. The second-order valence-corrected chi connectivity index (χ2v) is 9.98. The summed E-state index contributed by atoms with van der Waals surface area (Å²) >= 11 is 0. The summed E-state index contributed by atoms with van der Waals surface area (Å²) in [4.78, 5) is 0. The molecule has 1 nitrogen and oxygen atoms in total. The molecule has 3 aromatic carbocycles. The Morgan fingerprint density at radius 3 is 2.33 bits per heavy atom. The zero-order valence-electron chi connectivity index (χ0n) is 21.0. The Morgan fingerprint density at radius 2 is 1.61 bits per heavy atom. The van der Waals surface area contributed by atoms with Gasteiger partial charge in [0.15, 0.2) is 0 Å². The van der Waals surface area contributed by atoms with Gasteiger partial charge in [0.2, 0.25) is 0 Å². The molecule has 0 unspecified atom stereocenters. The maximum atomic E-state index is 15.2. The molecule has 0 saturated heterocycles. The van der Waals surface area contributed by atoms with E-state index in [1.807, 2.05) is 12.1 Å². The van der Waals surface area contributed by atoms with Crippen LogP contribution in [-0.4, -0.2) is 6.61 Å². The van der Waals surface area contributed by atoms with Gasteiger partial charge in [0, 0.05) is 10.9 Å². The van der Waals surface area contributed by atoms with Crippen molar-refractivity contribution >= 4 is 10.8 Å². The first-order valence-corrected chi connectivity index (χ1v) is 13.3. The van der Waals surface area contributed by atoms with Gasteiger partial charge in [0.05, 0.1) is 5.56 Å². The fourth-order valence-corrected chi connectivity index (χ4v) is 5.34. The van der Waals surface area contributed by atoms with Gasteiger partial charge in [-0.2, -0.15) is 8.78 Å². The van der Waals surface area contributed by atoms with Crippen LogP contribution in [-0.2, 0) is 0 Å². The second-order valence-electron chi connectivity index (χ2n) is 9.98. The molecule has 0 bridgehead atoms. The van der Waals surface area contributed by atoms with Crippen molar-refractivity contribution in [2.75, 3.05) is 0 Å². The first-order valence-electron chi connectivity index (χ1n) is 13.3. The van der Waals surface area contributed by atoms with Crippen LogP contribution in [0.1, 0.15) is 93.7 Å². The maximum Gasteiger partial charge on any atom is 0.387 e. The summed E-state index contributed by atoms with van der Waals surface area (Å²) < 4.78 is 44.1. The number of hydrogen-bond acceptors (Lipinski definition) is 1. The number of ether oxygens (including phenoxy) is 1. The van der Waals surface area contributed by atoms with Gasteiger partial charge >= 0.3 is 6.61 Å². The standard InChI is InChI=1S/C32H35F3O/c1-2-3-4-5-6-7-23-8-13-25(14-9-23)27-18-21-30-28(22-27)17-16-26(31(30)33)15-10-24-11-19-29(20-12-24)36-32(34)35/h11-12,16-23,25,32H,2-9,13-14H2,1H3. The van der Waals surface area contributed by atoms with E-state index in [9.17, 15) is 8.78 Å². The summed E-state index contributed by atoms with van der Waals surface area (Å²) in [6, 6.07) is 15.8.